The number of benzene rings is 2. The highest BCUT2D eigenvalue weighted by molar-refractivity contribution is 8.00. The molecule has 0 aromatic heterocycles. The van der Waals surface area contributed by atoms with Crippen LogP contribution < -0.4 is 0 Å². The molecule has 0 atom stereocenters. The van der Waals surface area contributed by atoms with Crippen LogP contribution in [0.25, 0.3) is 0 Å². The van der Waals surface area contributed by atoms with E-state index in [4.69, 9.17) is 11.6 Å². The van der Waals surface area contributed by atoms with Gasteiger partial charge < -0.3 is 4.90 Å². The van der Waals surface area contributed by atoms with Crippen molar-refractivity contribution in [1.82, 2.24) is 9.21 Å². The van der Waals surface area contributed by atoms with Gasteiger partial charge >= 0.3 is 0 Å². The van der Waals surface area contributed by atoms with Crippen molar-refractivity contribution >= 4 is 39.3 Å². The van der Waals surface area contributed by atoms with Crippen LogP contribution in [-0.2, 0) is 14.8 Å². The number of carbonyl (C=O) groups is 1. The summed E-state index contributed by atoms with van der Waals surface area (Å²) in [6.07, 6.45) is 0. The fraction of sp³-hybridized carbons (Fsp3) is 0.278. The van der Waals surface area contributed by atoms with E-state index < -0.39 is 15.8 Å². The van der Waals surface area contributed by atoms with Gasteiger partial charge in [-0.25, -0.2) is 12.8 Å². The van der Waals surface area contributed by atoms with Crippen molar-refractivity contribution in [3.05, 3.63) is 59.4 Å². The summed E-state index contributed by atoms with van der Waals surface area (Å²) >= 11 is 7.25. The van der Waals surface area contributed by atoms with Gasteiger partial charge in [0, 0.05) is 36.1 Å². The summed E-state index contributed by atoms with van der Waals surface area (Å²) < 4.78 is 39.8. The van der Waals surface area contributed by atoms with Crippen molar-refractivity contribution < 1.29 is 17.6 Å². The second kappa shape index (κ2) is 8.60. The Bertz CT molecular complexity index is 914. The number of carbonyl (C=O) groups excluding carboxylic acids is 1. The zero-order valence-electron chi connectivity index (χ0n) is 14.3. The Hall–Kier alpha value is -1.61. The number of nitrogens with zero attached hydrogens (tertiary/aromatic N) is 2. The molecule has 3 rings (SSSR count). The molecular formula is C18H18ClFN2O3S2. The molecule has 2 aromatic rings. The lowest BCUT2D eigenvalue weighted by Crippen LogP contribution is -2.50. The Labute approximate surface area is 167 Å². The van der Waals surface area contributed by atoms with Gasteiger partial charge in [-0.3, -0.25) is 4.79 Å². The van der Waals surface area contributed by atoms with E-state index in [-0.39, 0.29) is 29.6 Å². The quantitative estimate of drug-likeness (QED) is 0.686. The fourth-order valence-corrected chi connectivity index (χ4v) is 5.10. The smallest absolute Gasteiger partial charge is 0.243 e. The Morgan fingerprint density at radius 1 is 1.07 bits per heavy atom. The molecule has 1 fully saturated rings. The maximum absolute atomic E-state index is 13.3. The molecule has 1 heterocycles. The van der Waals surface area contributed by atoms with E-state index in [2.05, 4.69) is 0 Å². The van der Waals surface area contributed by atoms with E-state index in [0.29, 0.717) is 18.1 Å². The monoisotopic (exact) mass is 428 g/mol. The van der Waals surface area contributed by atoms with Crippen LogP contribution in [0, 0.1) is 5.82 Å². The molecule has 0 N–H and O–H groups in total. The molecule has 2 aromatic carbocycles. The lowest BCUT2D eigenvalue weighted by atomic mass is 10.3. The molecule has 1 aliphatic heterocycles. The third kappa shape index (κ3) is 5.01. The van der Waals surface area contributed by atoms with Crippen LogP contribution in [0.2, 0.25) is 5.02 Å². The third-order valence-electron chi connectivity index (χ3n) is 4.20. The van der Waals surface area contributed by atoms with E-state index in [1.54, 1.807) is 17.0 Å². The van der Waals surface area contributed by atoms with Crippen LogP contribution in [0.1, 0.15) is 0 Å². The summed E-state index contributed by atoms with van der Waals surface area (Å²) in [6, 6.07) is 12.2. The highest BCUT2D eigenvalue weighted by Crippen LogP contribution is 2.22. The number of rotatable bonds is 5. The average molecular weight is 429 g/mol. The number of sulfonamides is 1. The van der Waals surface area contributed by atoms with Crippen molar-refractivity contribution in [3.63, 3.8) is 0 Å². The molecule has 1 amide bonds. The van der Waals surface area contributed by atoms with Crippen molar-refractivity contribution in [2.75, 3.05) is 31.9 Å². The molecule has 0 unspecified atom stereocenters. The van der Waals surface area contributed by atoms with Gasteiger partial charge in [-0.2, -0.15) is 4.31 Å². The largest absolute Gasteiger partial charge is 0.339 e. The molecule has 5 nitrogen and oxygen atoms in total. The lowest BCUT2D eigenvalue weighted by molar-refractivity contribution is -0.129. The summed E-state index contributed by atoms with van der Waals surface area (Å²) in [4.78, 5) is 14.9. The van der Waals surface area contributed by atoms with E-state index in [1.807, 2.05) is 12.1 Å². The first-order valence-corrected chi connectivity index (χ1v) is 11.1. The molecule has 9 heteroatoms. The first-order chi connectivity index (χ1) is 12.9. The van der Waals surface area contributed by atoms with Crippen LogP contribution in [0.15, 0.2) is 58.3 Å². The summed E-state index contributed by atoms with van der Waals surface area (Å²) in [5, 5.41) is 0.640. The van der Waals surface area contributed by atoms with Crippen molar-refractivity contribution in [2.24, 2.45) is 0 Å². The number of amides is 1. The van der Waals surface area contributed by atoms with Crippen molar-refractivity contribution in [2.45, 2.75) is 9.79 Å². The van der Waals surface area contributed by atoms with Gasteiger partial charge in [-0.05, 0) is 42.5 Å². The van der Waals surface area contributed by atoms with E-state index >= 15 is 0 Å². The zero-order valence-corrected chi connectivity index (χ0v) is 16.7. The molecule has 0 saturated carbocycles. The summed E-state index contributed by atoms with van der Waals surface area (Å²) in [7, 11) is -3.76. The molecule has 0 spiro atoms. The molecule has 0 radical (unpaired) electrons. The zero-order chi connectivity index (χ0) is 19.4. The second-order valence-electron chi connectivity index (χ2n) is 5.98. The van der Waals surface area contributed by atoms with E-state index in [9.17, 15) is 17.6 Å². The van der Waals surface area contributed by atoms with E-state index in [0.717, 1.165) is 11.0 Å². The minimum absolute atomic E-state index is 0.0437. The van der Waals surface area contributed by atoms with Gasteiger partial charge in [0.25, 0.3) is 0 Å². The van der Waals surface area contributed by atoms with Crippen LogP contribution in [0.3, 0.4) is 0 Å². The molecule has 0 aliphatic carbocycles. The Morgan fingerprint density at radius 3 is 2.37 bits per heavy atom. The third-order valence-corrected chi connectivity index (χ3v) is 7.34. The van der Waals surface area contributed by atoms with Crippen LogP contribution in [0.4, 0.5) is 4.39 Å². The number of hydrogen-bond acceptors (Lipinski definition) is 4. The topological polar surface area (TPSA) is 57.7 Å². The molecule has 0 bridgehead atoms. The fourth-order valence-electron chi connectivity index (χ4n) is 2.72. The molecule has 1 saturated heterocycles. The SMILES string of the molecule is O=C(CSc1ccc(Cl)cc1)N1CCN(S(=O)(=O)c2cccc(F)c2)CC1. The van der Waals surface area contributed by atoms with Crippen LogP contribution in [0.5, 0.6) is 0 Å². The van der Waals surface area contributed by atoms with Crippen LogP contribution >= 0.6 is 23.4 Å². The number of piperazine rings is 1. The van der Waals surface area contributed by atoms with Crippen molar-refractivity contribution in [1.29, 1.82) is 0 Å². The predicted octanol–water partition coefficient (Wildman–Crippen LogP) is 3.10. The maximum Gasteiger partial charge on any atom is 0.243 e. The molecule has 144 valence electrons. The number of thioether (sulfide) groups is 1. The molecule has 27 heavy (non-hydrogen) atoms. The summed E-state index contributed by atoms with van der Waals surface area (Å²) in [5.41, 5.74) is 0. The first-order valence-electron chi connectivity index (χ1n) is 8.28. The number of hydrogen-bond donors (Lipinski definition) is 0. The van der Waals surface area contributed by atoms with Gasteiger partial charge in [0.15, 0.2) is 0 Å². The van der Waals surface area contributed by atoms with Gasteiger partial charge in [0.05, 0.1) is 10.6 Å². The predicted molar refractivity (Wildman–Crippen MR) is 104 cm³/mol. The van der Waals surface area contributed by atoms with Gasteiger partial charge in [-0.15, -0.1) is 11.8 Å². The standard InChI is InChI=1S/C18H18ClFN2O3S2/c19-14-4-6-16(7-5-14)26-13-18(23)21-8-10-22(11-9-21)27(24,25)17-3-1-2-15(20)12-17/h1-7,12H,8-11,13H2. The highest BCUT2D eigenvalue weighted by Gasteiger charge is 2.30. The highest BCUT2D eigenvalue weighted by atomic mass is 35.5. The first kappa shape index (κ1) is 20.1. The Balaban J connectivity index is 1.55. The molecular weight excluding hydrogens is 411 g/mol. The van der Waals surface area contributed by atoms with Gasteiger partial charge in [0.2, 0.25) is 15.9 Å². The Morgan fingerprint density at radius 2 is 1.74 bits per heavy atom. The normalized spacial score (nSPS) is 15.7. The minimum atomic E-state index is -3.76. The average Bonchev–Trinajstić information content (AvgIpc) is 2.67. The van der Waals surface area contributed by atoms with E-state index in [1.165, 1.54) is 34.3 Å². The van der Waals surface area contributed by atoms with Crippen molar-refractivity contribution in [3.8, 4) is 0 Å². The Kier molecular flexibility index (Phi) is 6.41. The minimum Gasteiger partial charge on any atom is -0.339 e. The number of halogens is 2. The van der Waals surface area contributed by atoms with Gasteiger partial charge in [-0.1, -0.05) is 17.7 Å². The second-order valence-corrected chi connectivity index (χ2v) is 9.41. The van der Waals surface area contributed by atoms with Gasteiger partial charge in [0.1, 0.15) is 5.82 Å². The molecule has 1 aliphatic rings. The lowest BCUT2D eigenvalue weighted by Gasteiger charge is -2.34. The summed E-state index contributed by atoms with van der Waals surface area (Å²) in [5.74, 6) is -0.361. The maximum atomic E-state index is 13.3. The van der Waals surface area contributed by atoms with Crippen LogP contribution in [-0.4, -0.2) is 55.5 Å². The summed E-state index contributed by atoms with van der Waals surface area (Å²) in [6.45, 7) is 1.01.